The third-order valence-corrected chi connectivity index (χ3v) is 7.33. The van der Waals surface area contributed by atoms with Crippen molar-refractivity contribution in [3.63, 3.8) is 0 Å². The van der Waals surface area contributed by atoms with Gasteiger partial charge in [-0.1, -0.05) is 13.3 Å². The van der Waals surface area contributed by atoms with Crippen LogP contribution in [0.5, 0.6) is 0 Å². The lowest BCUT2D eigenvalue weighted by molar-refractivity contribution is -0.113. The predicted octanol–water partition coefficient (Wildman–Crippen LogP) is 2.58. The van der Waals surface area contributed by atoms with Crippen LogP contribution in [0.4, 0.5) is 0 Å². The molecule has 0 aliphatic heterocycles. The highest BCUT2D eigenvalue weighted by molar-refractivity contribution is 5.07. The summed E-state index contributed by atoms with van der Waals surface area (Å²) >= 11 is 0. The molecular weight excluding hydrogens is 264 g/mol. The van der Waals surface area contributed by atoms with E-state index in [0.717, 1.165) is 25.7 Å². The van der Waals surface area contributed by atoms with E-state index in [0.29, 0.717) is 29.6 Å². The fraction of sp³-hybridized carbons (Fsp3) is 1.00. The average molecular weight is 296 g/mol. The number of rotatable bonds is 3. The molecule has 1 unspecified atom stereocenters. The van der Waals surface area contributed by atoms with Gasteiger partial charge in [0, 0.05) is 6.61 Å². The Morgan fingerprint density at radius 1 is 1.14 bits per heavy atom. The number of aliphatic hydroxyl groups is 3. The Hall–Kier alpha value is -0.120. The maximum atomic E-state index is 10.8. The fourth-order valence-electron chi connectivity index (χ4n) is 6.40. The van der Waals surface area contributed by atoms with Crippen LogP contribution < -0.4 is 0 Å². The molecule has 3 fully saturated rings. The summed E-state index contributed by atoms with van der Waals surface area (Å²) < 4.78 is 0. The second-order valence-electron chi connectivity index (χ2n) is 8.33. The highest BCUT2D eigenvalue weighted by Crippen LogP contribution is 2.62. The van der Waals surface area contributed by atoms with Gasteiger partial charge in [-0.3, -0.25) is 0 Å². The minimum atomic E-state index is -0.255. The first-order valence-electron chi connectivity index (χ1n) is 8.94. The van der Waals surface area contributed by atoms with Crippen LogP contribution in [0.2, 0.25) is 0 Å². The molecule has 0 spiro atoms. The Kier molecular flexibility index (Phi) is 4.37. The van der Waals surface area contributed by atoms with Crippen LogP contribution in [-0.4, -0.2) is 34.1 Å². The molecule has 0 saturated heterocycles. The van der Waals surface area contributed by atoms with E-state index in [4.69, 9.17) is 0 Å². The molecule has 0 bridgehead atoms. The molecule has 122 valence electrons. The molecule has 0 amide bonds. The maximum absolute atomic E-state index is 10.8. The van der Waals surface area contributed by atoms with Crippen LogP contribution in [0.15, 0.2) is 0 Å². The lowest BCUT2D eigenvalue weighted by Gasteiger charge is -2.54. The van der Waals surface area contributed by atoms with E-state index in [-0.39, 0.29) is 24.2 Å². The van der Waals surface area contributed by atoms with E-state index in [2.05, 4.69) is 6.92 Å². The molecule has 3 heteroatoms. The second-order valence-corrected chi connectivity index (χ2v) is 8.33. The molecule has 0 radical (unpaired) electrons. The largest absolute Gasteiger partial charge is 0.396 e. The lowest BCUT2D eigenvalue weighted by Crippen LogP contribution is -2.51. The molecule has 8 atom stereocenters. The van der Waals surface area contributed by atoms with Crippen molar-refractivity contribution in [3.05, 3.63) is 0 Å². The molecule has 3 aliphatic rings. The van der Waals surface area contributed by atoms with Gasteiger partial charge < -0.3 is 15.3 Å². The van der Waals surface area contributed by atoms with E-state index in [1.807, 2.05) is 6.92 Å². The van der Waals surface area contributed by atoms with Crippen LogP contribution in [-0.2, 0) is 0 Å². The van der Waals surface area contributed by atoms with Crippen molar-refractivity contribution < 1.29 is 15.3 Å². The van der Waals surface area contributed by atoms with Gasteiger partial charge in [-0.2, -0.15) is 0 Å². The van der Waals surface area contributed by atoms with Crippen LogP contribution in [0.25, 0.3) is 0 Å². The number of hydrogen-bond donors (Lipinski definition) is 3. The molecule has 0 aromatic rings. The topological polar surface area (TPSA) is 60.7 Å². The minimum Gasteiger partial charge on any atom is -0.396 e. The number of hydrogen-bond acceptors (Lipinski definition) is 3. The van der Waals surface area contributed by atoms with Crippen LogP contribution >= 0.6 is 0 Å². The molecule has 21 heavy (non-hydrogen) atoms. The summed E-state index contributed by atoms with van der Waals surface area (Å²) in [6, 6.07) is 0. The smallest absolute Gasteiger partial charge is 0.0576 e. The third-order valence-electron chi connectivity index (χ3n) is 7.33. The SMILES string of the molecule is CC(O)[C@H]1CC[C@H]2[C@@H]3CC[C@@H](CCO)C[C@H]3[C@H](O)C[C@]12C. The normalized spacial score (nSPS) is 51.3. The zero-order valence-corrected chi connectivity index (χ0v) is 13.5. The molecule has 3 rings (SSSR count). The first-order chi connectivity index (χ1) is 9.97. The standard InChI is InChI=1S/C18H32O3/c1-11(20)15-5-6-16-13-4-3-12(7-8-19)9-14(13)17(21)10-18(15,16)2/h11-17,19-21H,3-10H2,1-2H3/t11?,12-,13+,14+,15+,16-,17+,18+/m0/s1. The van der Waals surface area contributed by atoms with Gasteiger partial charge in [0.05, 0.1) is 12.2 Å². The molecule has 0 aromatic heterocycles. The molecule has 3 N–H and O–H groups in total. The third kappa shape index (κ3) is 2.55. The summed E-state index contributed by atoms with van der Waals surface area (Å²) in [7, 11) is 0. The molecule has 3 saturated carbocycles. The Morgan fingerprint density at radius 3 is 2.57 bits per heavy atom. The van der Waals surface area contributed by atoms with Crippen LogP contribution in [0, 0.1) is 35.0 Å². The van der Waals surface area contributed by atoms with Gasteiger partial charge in [0.15, 0.2) is 0 Å². The average Bonchev–Trinajstić information content (AvgIpc) is 2.76. The molecule has 3 nitrogen and oxygen atoms in total. The summed E-state index contributed by atoms with van der Waals surface area (Å²) in [4.78, 5) is 0. The minimum absolute atomic E-state index is 0.124. The summed E-state index contributed by atoms with van der Waals surface area (Å²) in [5, 5.41) is 30.1. The van der Waals surface area contributed by atoms with E-state index in [9.17, 15) is 15.3 Å². The van der Waals surface area contributed by atoms with Crippen LogP contribution in [0.1, 0.15) is 58.8 Å². The maximum Gasteiger partial charge on any atom is 0.0576 e. The Bertz CT molecular complexity index is 369. The quantitative estimate of drug-likeness (QED) is 0.750. The van der Waals surface area contributed by atoms with Gasteiger partial charge in [-0.15, -0.1) is 0 Å². The van der Waals surface area contributed by atoms with Crippen molar-refractivity contribution in [1.29, 1.82) is 0 Å². The Labute approximate surface area is 128 Å². The lowest BCUT2D eigenvalue weighted by atomic mass is 9.52. The summed E-state index contributed by atoms with van der Waals surface area (Å²) in [6.07, 6.45) is 7.15. The monoisotopic (exact) mass is 296 g/mol. The molecule has 0 aromatic carbocycles. The Balaban J connectivity index is 1.78. The first-order valence-corrected chi connectivity index (χ1v) is 8.94. The molecular formula is C18H32O3. The molecule has 3 aliphatic carbocycles. The van der Waals surface area contributed by atoms with Gasteiger partial charge in [0.25, 0.3) is 0 Å². The van der Waals surface area contributed by atoms with E-state index < -0.39 is 0 Å². The van der Waals surface area contributed by atoms with Crippen molar-refractivity contribution in [2.24, 2.45) is 35.0 Å². The van der Waals surface area contributed by atoms with Gasteiger partial charge in [0.2, 0.25) is 0 Å². The number of fused-ring (bicyclic) bond motifs is 3. The highest BCUT2D eigenvalue weighted by Gasteiger charge is 2.58. The van der Waals surface area contributed by atoms with E-state index in [1.165, 1.54) is 19.3 Å². The highest BCUT2D eigenvalue weighted by atomic mass is 16.3. The summed E-state index contributed by atoms with van der Waals surface area (Å²) in [5.74, 6) is 2.71. The van der Waals surface area contributed by atoms with Crippen molar-refractivity contribution in [2.45, 2.75) is 71.0 Å². The van der Waals surface area contributed by atoms with Crippen molar-refractivity contribution >= 4 is 0 Å². The number of aliphatic hydroxyl groups excluding tert-OH is 3. The molecule has 0 heterocycles. The summed E-state index contributed by atoms with van der Waals surface area (Å²) in [5.41, 5.74) is 0.124. The van der Waals surface area contributed by atoms with Gasteiger partial charge in [0.1, 0.15) is 0 Å². The zero-order valence-electron chi connectivity index (χ0n) is 13.5. The van der Waals surface area contributed by atoms with Gasteiger partial charge >= 0.3 is 0 Å². The van der Waals surface area contributed by atoms with Gasteiger partial charge in [-0.25, -0.2) is 0 Å². The van der Waals surface area contributed by atoms with E-state index in [1.54, 1.807) is 0 Å². The zero-order chi connectivity index (χ0) is 15.2. The predicted molar refractivity (Wildman–Crippen MR) is 82.6 cm³/mol. The van der Waals surface area contributed by atoms with Gasteiger partial charge in [-0.05, 0) is 80.5 Å². The van der Waals surface area contributed by atoms with E-state index >= 15 is 0 Å². The second kappa shape index (κ2) is 5.82. The Morgan fingerprint density at radius 2 is 1.90 bits per heavy atom. The van der Waals surface area contributed by atoms with Crippen molar-refractivity contribution in [2.75, 3.05) is 6.61 Å². The fourth-order valence-corrected chi connectivity index (χ4v) is 6.40. The van der Waals surface area contributed by atoms with Crippen molar-refractivity contribution in [3.8, 4) is 0 Å². The summed E-state index contributed by atoms with van der Waals surface area (Å²) in [6.45, 7) is 4.53. The first kappa shape index (κ1) is 15.8. The van der Waals surface area contributed by atoms with Crippen LogP contribution in [0.3, 0.4) is 0 Å². The van der Waals surface area contributed by atoms with Crippen molar-refractivity contribution in [1.82, 2.24) is 0 Å².